The highest BCUT2D eigenvalue weighted by Gasteiger charge is 2.41. The van der Waals surface area contributed by atoms with E-state index >= 15 is 0 Å². The van der Waals surface area contributed by atoms with Crippen molar-refractivity contribution in [2.45, 2.75) is 25.8 Å². The van der Waals surface area contributed by atoms with Crippen molar-refractivity contribution >= 4 is 5.91 Å². The smallest absolute Gasteiger partial charge is 0.227 e. The van der Waals surface area contributed by atoms with Crippen LogP contribution in [0.2, 0.25) is 0 Å². The van der Waals surface area contributed by atoms with Crippen LogP contribution in [0.25, 0.3) is 0 Å². The molecule has 3 nitrogen and oxygen atoms in total. The number of carbonyl (C=O) groups excluding carboxylic acids is 1. The van der Waals surface area contributed by atoms with E-state index in [0.717, 1.165) is 17.7 Å². The molecule has 1 amide bonds. The quantitative estimate of drug-likeness (QED) is 0.931. The van der Waals surface area contributed by atoms with Crippen LogP contribution < -0.4 is 10.1 Å². The van der Waals surface area contributed by atoms with Gasteiger partial charge in [0.1, 0.15) is 12.4 Å². The number of fused-ring (bicyclic) bond motifs is 1. The summed E-state index contributed by atoms with van der Waals surface area (Å²) < 4.78 is 5.78. The maximum Gasteiger partial charge on any atom is 0.227 e. The maximum absolute atomic E-state index is 12.8. The van der Waals surface area contributed by atoms with Gasteiger partial charge >= 0.3 is 0 Å². The van der Waals surface area contributed by atoms with Crippen molar-refractivity contribution in [2.75, 3.05) is 6.61 Å². The second kappa shape index (κ2) is 6.31. The van der Waals surface area contributed by atoms with Crippen molar-refractivity contribution in [3.05, 3.63) is 65.7 Å². The van der Waals surface area contributed by atoms with Gasteiger partial charge in [-0.25, -0.2) is 0 Å². The molecule has 4 rings (SSSR count). The van der Waals surface area contributed by atoms with Gasteiger partial charge in [-0.05, 0) is 41.9 Å². The minimum atomic E-state index is -0.111. The van der Waals surface area contributed by atoms with Crippen LogP contribution in [0, 0.1) is 17.8 Å². The molecule has 1 fully saturated rings. The fourth-order valence-electron chi connectivity index (χ4n) is 3.68. The van der Waals surface area contributed by atoms with Crippen LogP contribution in [0.4, 0.5) is 0 Å². The third-order valence-electron chi connectivity index (χ3n) is 5.31. The summed E-state index contributed by atoms with van der Waals surface area (Å²) in [6.45, 7) is 2.72. The molecule has 4 unspecified atom stereocenters. The lowest BCUT2D eigenvalue weighted by Crippen LogP contribution is -2.40. The fraction of sp³-hybridized carbons (Fsp3) is 0.381. The summed E-state index contributed by atoms with van der Waals surface area (Å²) in [6, 6.07) is 18.4. The van der Waals surface area contributed by atoms with Gasteiger partial charge in [0.15, 0.2) is 0 Å². The number of amides is 1. The maximum atomic E-state index is 12.8. The Hall–Kier alpha value is -2.29. The molecule has 0 saturated heterocycles. The third kappa shape index (κ3) is 3.03. The van der Waals surface area contributed by atoms with Crippen LogP contribution in [0.3, 0.4) is 0 Å². The molecule has 1 heterocycles. The van der Waals surface area contributed by atoms with E-state index in [-0.39, 0.29) is 17.9 Å². The molecule has 1 saturated carbocycles. The van der Waals surface area contributed by atoms with Crippen molar-refractivity contribution in [3.63, 3.8) is 0 Å². The Morgan fingerprint density at radius 3 is 2.58 bits per heavy atom. The predicted octanol–water partition coefficient (Wildman–Crippen LogP) is 3.75. The number of para-hydroxylation sites is 1. The minimum absolute atomic E-state index is 0.109. The molecule has 24 heavy (non-hydrogen) atoms. The zero-order chi connectivity index (χ0) is 16.5. The van der Waals surface area contributed by atoms with Gasteiger partial charge in [-0.3, -0.25) is 4.79 Å². The van der Waals surface area contributed by atoms with E-state index in [9.17, 15) is 4.79 Å². The summed E-state index contributed by atoms with van der Waals surface area (Å²) in [4.78, 5) is 12.8. The van der Waals surface area contributed by atoms with Crippen LogP contribution in [-0.4, -0.2) is 12.5 Å². The zero-order valence-corrected chi connectivity index (χ0v) is 13.9. The van der Waals surface area contributed by atoms with Crippen LogP contribution in [0.1, 0.15) is 30.5 Å². The molecule has 3 heteroatoms. The number of ether oxygens (including phenoxy) is 1. The highest BCUT2D eigenvalue weighted by Crippen LogP contribution is 2.47. The van der Waals surface area contributed by atoms with E-state index in [1.165, 1.54) is 12.0 Å². The number of hydrogen-bond donors (Lipinski definition) is 1. The summed E-state index contributed by atoms with van der Waals surface area (Å²) in [5, 5.41) is 3.31. The molecule has 0 aromatic heterocycles. The van der Waals surface area contributed by atoms with Crippen molar-refractivity contribution in [3.8, 4) is 5.75 Å². The third-order valence-corrected chi connectivity index (χ3v) is 5.31. The molecule has 2 aromatic rings. The highest BCUT2D eigenvalue weighted by molar-refractivity contribution is 5.80. The van der Waals surface area contributed by atoms with E-state index in [0.29, 0.717) is 18.4 Å². The first-order valence-corrected chi connectivity index (χ1v) is 8.78. The molecule has 2 aromatic carbocycles. The lowest BCUT2D eigenvalue weighted by molar-refractivity contribution is -0.127. The van der Waals surface area contributed by atoms with E-state index in [2.05, 4.69) is 24.4 Å². The molecule has 0 radical (unpaired) electrons. The Balaban J connectivity index is 1.48. The van der Waals surface area contributed by atoms with Crippen molar-refractivity contribution in [1.82, 2.24) is 5.32 Å². The SMILES string of the molecule is CC1CC1C(NC(=O)C1COc2ccccc2C1)c1ccccc1. The monoisotopic (exact) mass is 321 g/mol. The molecular weight excluding hydrogens is 298 g/mol. The second-order valence-corrected chi connectivity index (χ2v) is 7.09. The number of hydrogen-bond acceptors (Lipinski definition) is 2. The largest absolute Gasteiger partial charge is 0.492 e. The van der Waals surface area contributed by atoms with E-state index in [1.54, 1.807) is 0 Å². The van der Waals surface area contributed by atoms with Crippen molar-refractivity contribution in [1.29, 1.82) is 0 Å². The Kier molecular flexibility index (Phi) is 4.01. The first-order chi connectivity index (χ1) is 11.7. The molecule has 1 aliphatic carbocycles. The summed E-state index contributed by atoms with van der Waals surface area (Å²) >= 11 is 0. The molecule has 1 aliphatic heterocycles. The summed E-state index contributed by atoms with van der Waals surface area (Å²) in [5.74, 6) is 2.14. The van der Waals surface area contributed by atoms with Crippen LogP contribution >= 0.6 is 0 Å². The minimum Gasteiger partial charge on any atom is -0.492 e. The molecule has 124 valence electrons. The van der Waals surface area contributed by atoms with E-state index in [1.807, 2.05) is 42.5 Å². The standard InChI is InChI=1S/C21H23NO2/c1-14-11-18(14)20(15-7-3-2-4-8-15)22-21(23)17-12-16-9-5-6-10-19(16)24-13-17/h2-10,14,17-18,20H,11-13H2,1H3,(H,22,23). The lowest BCUT2D eigenvalue weighted by Gasteiger charge is -2.27. The fourth-order valence-corrected chi connectivity index (χ4v) is 3.68. The number of nitrogens with one attached hydrogen (secondary N) is 1. The first-order valence-electron chi connectivity index (χ1n) is 8.78. The van der Waals surface area contributed by atoms with Gasteiger partial charge in [0.2, 0.25) is 5.91 Å². The number of rotatable bonds is 4. The molecule has 0 spiro atoms. The van der Waals surface area contributed by atoms with E-state index < -0.39 is 0 Å². The predicted molar refractivity (Wildman–Crippen MR) is 93.7 cm³/mol. The lowest BCUT2D eigenvalue weighted by atomic mass is 9.94. The van der Waals surface area contributed by atoms with Crippen molar-refractivity contribution < 1.29 is 9.53 Å². The number of benzene rings is 2. The Bertz CT molecular complexity index is 728. The van der Waals surface area contributed by atoms with Gasteiger partial charge in [-0.15, -0.1) is 0 Å². The van der Waals surface area contributed by atoms with Crippen LogP contribution in [0.15, 0.2) is 54.6 Å². The van der Waals surface area contributed by atoms with Gasteiger partial charge in [0.25, 0.3) is 0 Å². The molecule has 2 aliphatic rings. The summed E-state index contributed by atoms with van der Waals surface area (Å²) in [5.41, 5.74) is 2.33. The molecular formula is C21H23NO2. The van der Waals surface area contributed by atoms with Crippen LogP contribution in [-0.2, 0) is 11.2 Å². The summed E-state index contributed by atoms with van der Waals surface area (Å²) in [7, 11) is 0. The van der Waals surface area contributed by atoms with Gasteiger partial charge < -0.3 is 10.1 Å². The Morgan fingerprint density at radius 2 is 1.83 bits per heavy atom. The molecule has 0 bridgehead atoms. The van der Waals surface area contributed by atoms with E-state index in [4.69, 9.17) is 4.74 Å². The highest BCUT2D eigenvalue weighted by atomic mass is 16.5. The van der Waals surface area contributed by atoms with Crippen LogP contribution in [0.5, 0.6) is 5.75 Å². The van der Waals surface area contributed by atoms with Crippen molar-refractivity contribution in [2.24, 2.45) is 17.8 Å². The average Bonchev–Trinajstić information content (AvgIpc) is 3.36. The number of carbonyl (C=O) groups is 1. The average molecular weight is 321 g/mol. The molecule has 1 N–H and O–H groups in total. The van der Waals surface area contributed by atoms with Gasteiger partial charge in [-0.1, -0.05) is 55.5 Å². The second-order valence-electron chi connectivity index (χ2n) is 7.09. The normalized spacial score (nSPS) is 26.0. The topological polar surface area (TPSA) is 38.3 Å². The Labute approximate surface area is 143 Å². The molecule has 4 atom stereocenters. The zero-order valence-electron chi connectivity index (χ0n) is 13.9. The summed E-state index contributed by atoms with van der Waals surface area (Å²) in [6.07, 6.45) is 1.94. The van der Waals surface area contributed by atoms with Gasteiger partial charge in [0, 0.05) is 0 Å². The Morgan fingerprint density at radius 1 is 1.12 bits per heavy atom. The van der Waals surface area contributed by atoms with Gasteiger partial charge in [-0.2, -0.15) is 0 Å². The first kappa shape index (κ1) is 15.3. The van der Waals surface area contributed by atoms with Gasteiger partial charge in [0.05, 0.1) is 12.0 Å².